The van der Waals surface area contributed by atoms with E-state index < -0.39 is 4.96 Å². The summed E-state index contributed by atoms with van der Waals surface area (Å²) in [5, 5.41) is 0. The van der Waals surface area contributed by atoms with Gasteiger partial charge in [0.15, 0.2) is 0 Å². The summed E-state index contributed by atoms with van der Waals surface area (Å²) in [7, 11) is 2.03. The number of benzene rings is 1. The first-order chi connectivity index (χ1) is 7.08. The van der Waals surface area contributed by atoms with Crippen LogP contribution in [-0.2, 0) is 6.54 Å². The molecule has 0 fully saturated rings. The molecule has 1 rings (SSSR count). The van der Waals surface area contributed by atoms with Gasteiger partial charge < -0.3 is 12.4 Å². The molecule has 1 unspecified atom stereocenters. The number of rotatable bonds is 5. The molecule has 1 atom stereocenters. The quantitative estimate of drug-likeness (QED) is 0.320. The van der Waals surface area contributed by atoms with E-state index in [9.17, 15) is 0 Å². The second kappa shape index (κ2) is 7.18. The Kier molecular flexibility index (Phi) is 7.09. The Morgan fingerprint density at radius 3 is 2.31 bits per heavy atom. The van der Waals surface area contributed by atoms with E-state index in [1.165, 1.54) is 5.56 Å². The molecule has 0 aliphatic rings. The Bertz CT molecular complexity index is 313. The Morgan fingerprint density at radius 1 is 1.31 bits per heavy atom. The Hall–Kier alpha value is -0.210. The summed E-state index contributed by atoms with van der Waals surface area (Å²) in [6, 6.07) is 10.2. The van der Waals surface area contributed by atoms with Crippen molar-refractivity contribution in [3.8, 4) is 0 Å². The number of likely N-dealkylation sites (N-methyl/N-ethyl adjacent to an activating group) is 1. The minimum Gasteiger partial charge on any atom is -1.00 e. The minimum absolute atomic E-state index is 0. The van der Waals surface area contributed by atoms with E-state index in [2.05, 4.69) is 18.7 Å². The molecule has 0 saturated heterocycles. The lowest BCUT2D eigenvalue weighted by molar-refractivity contribution is -0.917. The SMILES string of the molecule is C=CC[N+](C)(Cc1ccccc1)C(Cl)Cl.[Cl-]. The molecule has 0 aliphatic heterocycles. The molecule has 0 amide bonds. The van der Waals surface area contributed by atoms with Crippen molar-refractivity contribution >= 4 is 23.2 Å². The van der Waals surface area contributed by atoms with Crippen molar-refractivity contribution in [3.05, 3.63) is 48.6 Å². The number of alkyl halides is 2. The van der Waals surface area contributed by atoms with E-state index in [1.807, 2.05) is 31.3 Å². The van der Waals surface area contributed by atoms with Gasteiger partial charge in [0.25, 0.3) is 0 Å². The third kappa shape index (κ3) is 4.34. The molecule has 1 aromatic rings. The van der Waals surface area contributed by atoms with E-state index in [0.717, 1.165) is 13.1 Å². The third-order valence-corrected chi connectivity index (χ3v) is 3.35. The molecular formula is C12H16Cl3N. The van der Waals surface area contributed by atoms with E-state index >= 15 is 0 Å². The summed E-state index contributed by atoms with van der Waals surface area (Å²) in [4.78, 5) is -0.441. The Morgan fingerprint density at radius 2 is 1.88 bits per heavy atom. The molecule has 1 nitrogen and oxygen atoms in total. The van der Waals surface area contributed by atoms with Crippen molar-refractivity contribution in [2.75, 3.05) is 13.6 Å². The zero-order valence-electron chi connectivity index (χ0n) is 9.24. The summed E-state index contributed by atoms with van der Waals surface area (Å²) in [6.45, 7) is 5.30. The Balaban J connectivity index is 0.00000225. The lowest BCUT2D eigenvalue weighted by Gasteiger charge is -2.34. The van der Waals surface area contributed by atoms with Gasteiger partial charge in [0, 0.05) is 5.56 Å². The maximum atomic E-state index is 6.00. The van der Waals surface area contributed by atoms with E-state index in [1.54, 1.807) is 0 Å². The van der Waals surface area contributed by atoms with Gasteiger partial charge in [-0.2, -0.15) is 0 Å². The summed E-state index contributed by atoms with van der Waals surface area (Å²) < 4.78 is 0.552. The van der Waals surface area contributed by atoms with Crippen LogP contribution in [0.5, 0.6) is 0 Å². The third-order valence-electron chi connectivity index (χ3n) is 2.40. The largest absolute Gasteiger partial charge is 1.00 e. The molecule has 0 aliphatic carbocycles. The van der Waals surface area contributed by atoms with Crippen LogP contribution >= 0.6 is 23.2 Å². The first kappa shape index (κ1) is 15.8. The number of hydrogen-bond donors (Lipinski definition) is 0. The van der Waals surface area contributed by atoms with Crippen molar-refractivity contribution < 1.29 is 16.9 Å². The maximum absolute atomic E-state index is 6.00. The van der Waals surface area contributed by atoms with Crippen molar-refractivity contribution in [3.63, 3.8) is 0 Å². The minimum atomic E-state index is -0.441. The topological polar surface area (TPSA) is 0 Å². The average Bonchev–Trinajstić information content (AvgIpc) is 2.19. The number of nitrogens with zero attached hydrogens (tertiary/aromatic N) is 1. The van der Waals surface area contributed by atoms with E-state index in [4.69, 9.17) is 23.2 Å². The molecular weight excluding hydrogens is 264 g/mol. The van der Waals surface area contributed by atoms with Crippen LogP contribution in [0.4, 0.5) is 0 Å². The first-order valence-corrected chi connectivity index (χ1v) is 5.73. The van der Waals surface area contributed by atoms with Gasteiger partial charge >= 0.3 is 0 Å². The van der Waals surface area contributed by atoms with Gasteiger partial charge in [-0.25, -0.2) is 0 Å². The second-order valence-electron chi connectivity index (χ2n) is 3.87. The van der Waals surface area contributed by atoms with Gasteiger partial charge in [-0.05, 0) is 29.3 Å². The highest BCUT2D eigenvalue weighted by Gasteiger charge is 2.28. The molecule has 16 heavy (non-hydrogen) atoms. The average molecular weight is 281 g/mol. The van der Waals surface area contributed by atoms with Crippen LogP contribution in [-0.4, -0.2) is 23.0 Å². The highest BCUT2D eigenvalue weighted by atomic mass is 35.5. The molecule has 0 aromatic heterocycles. The molecule has 0 bridgehead atoms. The highest BCUT2D eigenvalue weighted by molar-refractivity contribution is 6.43. The number of quaternary nitrogens is 1. The molecule has 1 aromatic carbocycles. The van der Waals surface area contributed by atoms with Crippen LogP contribution in [0.25, 0.3) is 0 Å². The van der Waals surface area contributed by atoms with Gasteiger partial charge in [-0.1, -0.05) is 36.9 Å². The molecule has 0 saturated carbocycles. The van der Waals surface area contributed by atoms with Crippen molar-refractivity contribution in [1.29, 1.82) is 0 Å². The zero-order chi connectivity index (χ0) is 11.3. The standard InChI is InChI=1S/C12H16Cl2N.ClH/c1-3-9-15(2,12(13)14)10-11-7-5-4-6-8-11;/h3-8,12H,1,9-10H2,2H3;1H/q+1;/p-1. The summed E-state index contributed by atoms with van der Waals surface area (Å²) in [5.74, 6) is 0. The van der Waals surface area contributed by atoms with Gasteiger partial charge in [0.1, 0.15) is 6.54 Å². The van der Waals surface area contributed by atoms with Crippen molar-refractivity contribution in [2.45, 2.75) is 11.5 Å². The fraction of sp³-hybridized carbons (Fsp3) is 0.333. The molecule has 0 heterocycles. The smallest absolute Gasteiger partial charge is 0.241 e. The predicted octanol–water partition coefficient (Wildman–Crippen LogP) is 0.584. The number of hydrogen-bond acceptors (Lipinski definition) is 0. The summed E-state index contributed by atoms with van der Waals surface area (Å²) in [6.07, 6.45) is 1.85. The maximum Gasteiger partial charge on any atom is 0.241 e. The van der Waals surface area contributed by atoms with Gasteiger partial charge in [0.05, 0.1) is 13.6 Å². The van der Waals surface area contributed by atoms with Crippen LogP contribution in [0.2, 0.25) is 0 Å². The van der Waals surface area contributed by atoms with Crippen molar-refractivity contribution in [1.82, 2.24) is 0 Å². The fourth-order valence-electron chi connectivity index (χ4n) is 1.51. The van der Waals surface area contributed by atoms with E-state index in [-0.39, 0.29) is 12.4 Å². The lowest BCUT2D eigenvalue weighted by atomic mass is 10.2. The molecule has 0 N–H and O–H groups in total. The van der Waals surface area contributed by atoms with Gasteiger partial charge in [-0.15, -0.1) is 0 Å². The second-order valence-corrected chi connectivity index (χ2v) is 4.92. The molecule has 4 heteroatoms. The monoisotopic (exact) mass is 279 g/mol. The normalized spacial score (nSPS) is 14.0. The molecule has 90 valence electrons. The van der Waals surface area contributed by atoms with Crippen LogP contribution in [0, 0.1) is 0 Å². The summed E-state index contributed by atoms with van der Waals surface area (Å²) in [5.41, 5.74) is 1.23. The molecule has 0 radical (unpaired) electrons. The molecule has 0 spiro atoms. The predicted molar refractivity (Wildman–Crippen MR) is 66.9 cm³/mol. The van der Waals surface area contributed by atoms with E-state index in [0.29, 0.717) is 4.48 Å². The van der Waals surface area contributed by atoms with Gasteiger partial charge in [0.2, 0.25) is 4.96 Å². The van der Waals surface area contributed by atoms with Crippen LogP contribution in [0.3, 0.4) is 0 Å². The van der Waals surface area contributed by atoms with Crippen LogP contribution < -0.4 is 12.4 Å². The van der Waals surface area contributed by atoms with Gasteiger partial charge in [-0.3, -0.25) is 4.48 Å². The van der Waals surface area contributed by atoms with Crippen LogP contribution in [0.1, 0.15) is 5.56 Å². The summed E-state index contributed by atoms with van der Waals surface area (Å²) >= 11 is 12.0. The van der Waals surface area contributed by atoms with Crippen LogP contribution in [0.15, 0.2) is 43.0 Å². The number of halogens is 3. The van der Waals surface area contributed by atoms with Crippen molar-refractivity contribution in [2.24, 2.45) is 0 Å². The highest BCUT2D eigenvalue weighted by Crippen LogP contribution is 2.22. The zero-order valence-corrected chi connectivity index (χ0v) is 11.5. The Labute approximate surface area is 114 Å². The lowest BCUT2D eigenvalue weighted by Crippen LogP contribution is -3.00. The fourth-order valence-corrected chi connectivity index (χ4v) is 1.81. The first-order valence-electron chi connectivity index (χ1n) is 4.86.